The number of carbonyl (C=O) groups is 1. The summed E-state index contributed by atoms with van der Waals surface area (Å²) in [6.45, 7) is 5.61. The lowest BCUT2D eigenvalue weighted by atomic mass is 10.0. The van der Waals surface area contributed by atoms with Crippen LogP contribution in [0.4, 0.5) is 20.4 Å². The van der Waals surface area contributed by atoms with Gasteiger partial charge < -0.3 is 28.3 Å². The molecule has 180 valence electrons. The number of benzene rings is 1. The lowest BCUT2D eigenvalue weighted by Gasteiger charge is -2.41. The number of rotatable bonds is 4. The minimum absolute atomic E-state index is 0.0716. The maximum atomic E-state index is 16.0. The molecule has 1 aromatic carbocycles. The van der Waals surface area contributed by atoms with E-state index < -0.39 is 34.4 Å². The monoisotopic (exact) mass is 475 g/mol. The van der Waals surface area contributed by atoms with Crippen molar-refractivity contribution in [2.75, 3.05) is 29.4 Å². The highest BCUT2D eigenvalue weighted by molar-refractivity contribution is 5.95. The Balaban J connectivity index is 1.64. The molecule has 1 saturated carbocycles. The second kappa shape index (κ2) is 7.71. The van der Waals surface area contributed by atoms with Gasteiger partial charge in [-0.3, -0.25) is 4.79 Å². The van der Waals surface area contributed by atoms with E-state index in [4.69, 9.17) is 8.83 Å². The highest BCUT2D eigenvalue weighted by Gasteiger charge is 2.35. The van der Waals surface area contributed by atoms with Gasteiger partial charge in [-0.05, 0) is 33.6 Å². The van der Waals surface area contributed by atoms with E-state index in [0.29, 0.717) is 31.7 Å². The van der Waals surface area contributed by atoms with Crippen molar-refractivity contribution < 1.29 is 27.5 Å². The molecule has 0 radical (unpaired) electrons. The van der Waals surface area contributed by atoms with Crippen molar-refractivity contribution in [3.05, 3.63) is 55.6 Å². The maximum absolute atomic E-state index is 16.0. The maximum Gasteiger partial charge on any atom is 0.520 e. The molecule has 1 atom stereocenters. The molecule has 1 aliphatic heterocycles. The summed E-state index contributed by atoms with van der Waals surface area (Å²) in [5.41, 5.74) is -1.81. The number of carboxylic acid groups (broad SMARTS) is 1. The molecule has 3 aromatic rings. The normalized spacial score (nSPS) is 18.7. The van der Waals surface area contributed by atoms with Crippen molar-refractivity contribution in [1.29, 1.82) is 0 Å². The third-order valence-electron chi connectivity index (χ3n) is 6.65. The Morgan fingerprint density at radius 3 is 2.38 bits per heavy atom. The van der Waals surface area contributed by atoms with E-state index in [1.807, 2.05) is 0 Å². The fraction of sp³-hybridized carbons (Fsp3) is 0.435. The van der Waals surface area contributed by atoms with Crippen LogP contribution in [0.3, 0.4) is 0 Å². The molecule has 9 nitrogen and oxygen atoms in total. The molecule has 34 heavy (non-hydrogen) atoms. The lowest BCUT2D eigenvalue weighted by Crippen LogP contribution is -2.53. The summed E-state index contributed by atoms with van der Waals surface area (Å²) in [5, 5.41) is 9.22. The molecule has 2 aliphatic rings. The van der Waals surface area contributed by atoms with Gasteiger partial charge in [-0.2, -0.15) is 0 Å². The van der Waals surface area contributed by atoms with Crippen LogP contribution < -0.4 is 21.1 Å². The van der Waals surface area contributed by atoms with Crippen molar-refractivity contribution in [3.63, 3.8) is 0 Å². The zero-order valence-corrected chi connectivity index (χ0v) is 18.9. The van der Waals surface area contributed by atoms with Gasteiger partial charge in [0.25, 0.3) is 0 Å². The van der Waals surface area contributed by atoms with Gasteiger partial charge in [0.05, 0.1) is 10.9 Å². The Morgan fingerprint density at radius 2 is 1.82 bits per heavy atom. The van der Waals surface area contributed by atoms with Crippen molar-refractivity contribution in [1.82, 2.24) is 4.57 Å². The molecule has 2 aromatic heterocycles. The van der Waals surface area contributed by atoms with Crippen LogP contribution in [0, 0.1) is 25.5 Å². The minimum Gasteiger partial charge on any atom is -0.477 e. The number of aromatic nitrogens is 1. The van der Waals surface area contributed by atoms with Gasteiger partial charge in [0.15, 0.2) is 17.4 Å². The van der Waals surface area contributed by atoms with Gasteiger partial charge in [-0.15, -0.1) is 0 Å². The van der Waals surface area contributed by atoms with Crippen LogP contribution in [0.25, 0.3) is 10.9 Å². The van der Waals surface area contributed by atoms with E-state index in [1.165, 1.54) is 17.7 Å². The molecule has 11 heteroatoms. The van der Waals surface area contributed by atoms with Crippen LogP contribution in [-0.2, 0) is 0 Å². The van der Waals surface area contributed by atoms with Crippen LogP contribution >= 0.6 is 0 Å². The zero-order valence-electron chi connectivity index (χ0n) is 18.9. The standard InChI is InChI=1S/C23H23F2N3O6/c1-10-8-26(21-12(3)33-23(32)34-21)6-7-27(10)19-16(24)11(2)15-18(17(19)25)28(13-4-5-13)9-14(20(15)29)22(30)31/h9-10,13H,4-8H2,1-3H3,(H,30,31). The minimum atomic E-state index is -1.43. The van der Waals surface area contributed by atoms with E-state index in [0.717, 1.165) is 0 Å². The van der Waals surface area contributed by atoms with Gasteiger partial charge in [-0.1, -0.05) is 0 Å². The van der Waals surface area contributed by atoms with E-state index in [1.54, 1.807) is 23.6 Å². The van der Waals surface area contributed by atoms with Gasteiger partial charge in [0.1, 0.15) is 11.3 Å². The van der Waals surface area contributed by atoms with E-state index in [-0.39, 0.29) is 46.7 Å². The summed E-state index contributed by atoms with van der Waals surface area (Å²) in [4.78, 5) is 39.3. The molecular weight excluding hydrogens is 452 g/mol. The average Bonchev–Trinajstić information content (AvgIpc) is 3.56. The molecule has 5 rings (SSSR count). The Bertz CT molecular complexity index is 1450. The highest BCUT2D eigenvalue weighted by Crippen LogP contribution is 2.41. The van der Waals surface area contributed by atoms with Crippen LogP contribution in [0.15, 0.2) is 24.6 Å². The number of anilines is 2. The summed E-state index contributed by atoms with van der Waals surface area (Å²) >= 11 is 0. The number of pyridine rings is 1. The number of nitrogens with zero attached hydrogens (tertiary/aromatic N) is 3. The van der Waals surface area contributed by atoms with Gasteiger partial charge >= 0.3 is 11.8 Å². The number of hydrogen-bond donors (Lipinski definition) is 1. The molecule has 1 saturated heterocycles. The molecule has 0 bridgehead atoms. The number of fused-ring (bicyclic) bond motifs is 1. The largest absolute Gasteiger partial charge is 0.520 e. The Morgan fingerprint density at radius 1 is 1.12 bits per heavy atom. The molecule has 1 N–H and O–H groups in total. The Labute approximate surface area is 191 Å². The predicted octanol–water partition coefficient (Wildman–Crippen LogP) is 3.19. The van der Waals surface area contributed by atoms with E-state index >= 15 is 8.78 Å². The first-order valence-electron chi connectivity index (χ1n) is 11.0. The number of halogens is 2. The van der Waals surface area contributed by atoms with Gasteiger partial charge in [0, 0.05) is 43.5 Å². The molecule has 0 amide bonds. The number of aryl methyl sites for hydroxylation is 2. The first kappa shape index (κ1) is 22.2. The topological polar surface area (TPSA) is 109 Å². The summed E-state index contributed by atoms with van der Waals surface area (Å²) in [6, 6.07) is -0.525. The first-order chi connectivity index (χ1) is 16.1. The Hall–Kier alpha value is -3.63. The van der Waals surface area contributed by atoms with Crippen molar-refractivity contribution in [2.45, 2.75) is 45.7 Å². The fourth-order valence-corrected chi connectivity index (χ4v) is 4.85. The third-order valence-corrected chi connectivity index (χ3v) is 6.65. The quantitative estimate of drug-likeness (QED) is 0.613. The first-order valence-corrected chi connectivity index (χ1v) is 11.0. The number of carboxylic acids is 1. The van der Waals surface area contributed by atoms with Crippen LogP contribution in [-0.4, -0.2) is 41.3 Å². The average molecular weight is 475 g/mol. The molecule has 1 unspecified atom stereocenters. The van der Waals surface area contributed by atoms with E-state index in [9.17, 15) is 19.5 Å². The number of piperazine rings is 1. The summed E-state index contributed by atoms with van der Waals surface area (Å²) in [6.07, 6.45) is 2.60. The van der Waals surface area contributed by atoms with E-state index in [2.05, 4.69) is 0 Å². The predicted molar refractivity (Wildman–Crippen MR) is 119 cm³/mol. The molecule has 2 fully saturated rings. The summed E-state index contributed by atoms with van der Waals surface area (Å²) < 4.78 is 43.2. The SMILES string of the molecule is Cc1oc(=O)oc1N1CCN(c2c(F)c(C)c3c(=O)c(C(=O)O)cn(C4CC4)c3c2F)C(C)C1. The zero-order chi connectivity index (χ0) is 24.5. The molecule has 3 heterocycles. The lowest BCUT2D eigenvalue weighted by molar-refractivity contribution is 0.0694. The number of hydrogen-bond acceptors (Lipinski definition) is 7. The molecule has 1 aliphatic carbocycles. The summed E-state index contributed by atoms with van der Waals surface area (Å²) in [7, 11) is 0. The molecule has 0 spiro atoms. The van der Waals surface area contributed by atoms with Crippen LogP contribution in [0.2, 0.25) is 0 Å². The van der Waals surface area contributed by atoms with Crippen LogP contribution in [0.5, 0.6) is 0 Å². The second-order valence-electron chi connectivity index (χ2n) is 8.94. The van der Waals surface area contributed by atoms with Crippen molar-refractivity contribution in [2.24, 2.45) is 0 Å². The number of aromatic carboxylic acids is 1. The second-order valence-corrected chi connectivity index (χ2v) is 8.94. The van der Waals surface area contributed by atoms with Crippen molar-refractivity contribution >= 4 is 28.4 Å². The Kier molecular flexibility index (Phi) is 5.03. The van der Waals surface area contributed by atoms with Crippen molar-refractivity contribution in [3.8, 4) is 0 Å². The van der Waals surface area contributed by atoms with Gasteiger partial charge in [0.2, 0.25) is 11.3 Å². The third kappa shape index (κ3) is 3.29. The fourth-order valence-electron chi connectivity index (χ4n) is 4.85. The van der Waals surface area contributed by atoms with Crippen LogP contribution in [0.1, 0.15) is 47.5 Å². The smallest absolute Gasteiger partial charge is 0.477 e. The summed E-state index contributed by atoms with van der Waals surface area (Å²) in [5.74, 6) is -3.41. The molecular formula is C23H23F2N3O6. The highest BCUT2D eigenvalue weighted by atomic mass is 19.1. The van der Waals surface area contributed by atoms with Gasteiger partial charge in [-0.25, -0.2) is 18.4 Å².